The number of aromatic amines is 1. The molecule has 2 rings (SSSR count). The Labute approximate surface area is 112 Å². The molecule has 1 unspecified atom stereocenters. The van der Waals surface area contributed by atoms with Gasteiger partial charge in [-0.15, -0.1) is 0 Å². The standard InChI is InChI=1S/C12H9N3O5/c16-10(11-13-6-8(14-11)15(19)20)9(12(17)18)7-4-2-1-3-5-7/h1-6,9H,(H,13,14)(H,17,18). The maximum atomic E-state index is 12.1. The Hall–Kier alpha value is -3.03. The lowest BCUT2D eigenvalue weighted by molar-refractivity contribution is -0.389. The summed E-state index contributed by atoms with van der Waals surface area (Å²) in [7, 11) is 0. The third-order valence-electron chi connectivity index (χ3n) is 2.63. The number of carbonyl (C=O) groups excluding carboxylic acids is 1. The van der Waals surface area contributed by atoms with E-state index in [4.69, 9.17) is 0 Å². The van der Waals surface area contributed by atoms with Crippen LogP contribution in [0.15, 0.2) is 36.5 Å². The summed E-state index contributed by atoms with van der Waals surface area (Å²) in [6.07, 6.45) is 0.872. The molecule has 0 amide bonds. The van der Waals surface area contributed by atoms with Crippen LogP contribution < -0.4 is 0 Å². The number of benzene rings is 1. The second-order valence-corrected chi connectivity index (χ2v) is 3.92. The first-order valence-corrected chi connectivity index (χ1v) is 5.52. The molecule has 1 atom stereocenters. The third kappa shape index (κ3) is 2.53. The van der Waals surface area contributed by atoms with E-state index in [0.29, 0.717) is 0 Å². The Bertz CT molecular complexity index is 665. The van der Waals surface area contributed by atoms with Crippen molar-refractivity contribution in [2.75, 3.05) is 0 Å². The van der Waals surface area contributed by atoms with E-state index in [1.165, 1.54) is 12.1 Å². The molecule has 0 fully saturated rings. The smallest absolute Gasteiger partial charge is 0.341 e. The molecular weight excluding hydrogens is 266 g/mol. The number of ketones is 1. The maximum Gasteiger partial charge on any atom is 0.341 e. The number of Topliss-reactive ketones (excluding diaryl/α,β-unsaturated/α-hetero) is 1. The number of carbonyl (C=O) groups is 2. The minimum Gasteiger partial charge on any atom is -0.480 e. The summed E-state index contributed by atoms with van der Waals surface area (Å²) < 4.78 is 0. The Morgan fingerprint density at radius 2 is 1.95 bits per heavy atom. The van der Waals surface area contributed by atoms with Gasteiger partial charge in [-0.05, 0) is 10.5 Å². The first-order chi connectivity index (χ1) is 9.50. The zero-order valence-electron chi connectivity index (χ0n) is 10.0. The quantitative estimate of drug-likeness (QED) is 0.367. The van der Waals surface area contributed by atoms with E-state index in [-0.39, 0.29) is 11.4 Å². The molecule has 0 saturated carbocycles. The average molecular weight is 275 g/mol. The summed E-state index contributed by atoms with van der Waals surface area (Å²) in [5.74, 6) is -4.46. The van der Waals surface area contributed by atoms with Crippen molar-refractivity contribution < 1.29 is 19.6 Å². The highest BCUT2D eigenvalue weighted by molar-refractivity contribution is 6.10. The third-order valence-corrected chi connectivity index (χ3v) is 2.63. The summed E-state index contributed by atoms with van der Waals surface area (Å²) in [4.78, 5) is 38.9. The zero-order chi connectivity index (χ0) is 14.7. The fourth-order valence-corrected chi connectivity index (χ4v) is 1.72. The van der Waals surface area contributed by atoms with Gasteiger partial charge < -0.3 is 15.2 Å². The van der Waals surface area contributed by atoms with E-state index in [1.54, 1.807) is 18.2 Å². The number of nitrogens with one attached hydrogen (secondary N) is 1. The number of hydrogen-bond acceptors (Lipinski definition) is 5. The SMILES string of the molecule is O=C(O)C(C(=O)c1ncc([N+](=O)[O-])[nH]1)c1ccccc1. The fourth-order valence-electron chi connectivity index (χ4n) is 1.72. The molecule has 0 aliphatic carbocycles. The molecular formula is C12H9N3O5. The fraction of sp³-hybridized carbons (Fsp3) is 0.0833. The van der Waals surface area contributed by atoms with Crippen LogP contribution in [0.4, 0.5) is 5.82 Å². The van der Waals surface area contributed by atoms with E-state index in [9.17, 15) is 24.8 Å². The number of nitrogens with zero attached hydrogens (tertiary/aromatic N) is 2. The lowest BCUT2D eigenvalue weighted by Crippen LogP contribution is -2.22. The van der Waals surface area contributed by atoms with Gasteiger partial charge in [0.05, 0.1) is 0 Å². The number of nitro groups is 1. The van der Waals surface area contributed by atoms with Crippen LogP contribution in [-0.4, -0.2) is 31.8 Å². The van der Waals surface area contributed by atoms with Crippen LogP contribution in [0.5, 0.6) is 0 Å². The zero-order valence-corrected chi connectivity index (χ0v) is 10.0. The Morgan fingerprint density at radius 1 is 1.30 bits per heavy atom. The minimum atomic E-state index is -1.46. The minimum absolute atomic E-state index is 0.282. The van der Waals surface area contributed by atoms with Gasteiger partial charge in [-0.1, -0.05) is 30.3 Å². The van der Waals surface area contributed by atoms with Crippen LogP contribution in [0.3, 0.4) is 0 Å². The van der Waals surface area contributed by atoms with E-state index in [0.717, 1.165) is 6.20 Å². The van der Waals surface area contributed by atoms with Crippen molar-refractivity contribution in [1.82, 2.24) is 9.97 Å². The predicted molar refractivity (Wildman–Crippen MR) is 66.4 cm³/mol. The van der Waals surface area contributed by atoms with Gasteiger partial charge in [0.25, 0.3) is 5.82 Å². The van der Waals surface area contributed by atoms with Crippen LogP contribution in [0.25, 0.3) is 0 Å². The lowest BCUT2D eigenvalue weighted by Gasteiger charge is -2.08. The molecule has 20 heavy (non-hydrogen) atoms. The molecule has 2 N–H and O–H groups in total. The second kappa shape index (κ2) is 5.31. The van der Waals surface area contributed by atoms with Crippen molar-refractivity contribution in [1.29, 1.82) is 0 Å². The Kier molecular flexibility index (Phi) is 3.56. The molecule has 8 nitrogen and oxygen atoms in total. The second-order valence-electron chi connectivity index (χ2n) is 3.92. The highest BCUT2D eigenvalue weighted by Crippen LogP contribution is 2.21. The predicted octanol–water partition coefficient (Wildman–Crippen LogP) is 1.37. The summed E-state index contributed by atoms with van der Waals surface area (Å²) in [6.45, 7) is 0. The molecule has 102 valence electrons. The van der Waals surface area contributed by atoms with Gasteiger partial charge in [-0.2, -0.15) is 0 Å². The summed E-state index contributed by atoms with van der Waals surface area (Å²) in [6, 6.07) is 7.87. The number of carboxylic acid groups (broad SMARTS) is 1. The largest absolute Gasteiger partial charge is 0.480 e. The van der Waals surface area contributed by atoms with Crippen molar-refractivity contribution in [3.63, 3.8) is 0 Å². The molecule has 0 bridgehead atoms. The molecule has 1 heterocycles. The van der Waals surface area contributed by atoms with Crippen LogP contribution in [-0.2, 0) is 4.79 Å². The van der Waals surface area contributed by atoms with Crippen LogP contribution in [0, 0.1) is 10.1 Å². The van der Waals surface area contributed by atoms with Gasteiger partial charge in [0.1, 0.15) is 6.20 Å². The van der Waals surface area contributed by atoms with Crippen LogP contribution in [0.2, 0.25) is 0 Å². The molecule has 0 saturated heterocycles. The van der Waals surface area contributed by atoms with Crippen LogP contribution in [0.1, 0.15) is 22.1 Å². The van der Waals surface area contributed by atoms with Crippen LogP contribution >= 0.6 is 0 Å². The Morgan fingerprint density at radius 3 is 2.45 bits per heavy atom. The first kappa shape index (κ1) is 13.4. The molecule has 8 heteroatoms. The average Bonchev–Trinajstić information content (AvgIpc) is 2.89. The van der Waals surface area contributed by atoms with Crippen molar-refractivity contribution in [3.8, 4) is 0 Å². The van der Waals surface area contributed by atoms with Gasteiger partial charge in [-0.3, -0.25) is 9.59 Å². The van der Waals surface area contributed by atoms with Crippen molar-refractivity contribution in [3.05, 3.63) is 58.0 Å². The summed E-state index contributed by atoms with van der Waals surface area (Å²) >= 11 is 0. The molecule has 1 aromatic carbocycles. The topological polar surface area (TPSA) is 126 Å². The molecule has 0 aliphatic heterocycles. The summed E-state index contributed by atoms with van der Waals surface area (Å²) in [5, 5.41) is 19.7. The first-order valence-electron chi connectivity index (χ1n) is 5.52. The maximum absolute atomic E-state index is 12.1. The number of aliphatic carboxylic acids is 1. The van der Waals surface area contributed by atoms with Gasteiger partial charge in [0, 0.05) is 0 Å². The van der Waals surface area contributed by atoms with Crippen molar-refractivity contribution in [2.45, 2.75) is 5.92 Å². The van der Waals surface area contributed by atoms with Gasteiger partial charge in [0.15, 0.2) is 5.92 Å². The monoisotopic (exact) mass is 275 g/mol. The van der Waals surface area contributed by atoms with E-state index in [2.05, 4.69) is 9.97 Å². The summed E-state index contributed by atoms with van der Waals surface area (Å²) in [5.41, 5.74) is 0.282. The number of rotatable bonds is 5. The number of imidazole rings is 1. The normalized spacial score (nSPS) is 11.8. The van der Waals surface area contributed by atoms with Crippen molar-refractivity contribution >= 4 is 17.6 Å². The van der Waals surface area contributed by atoms with E-state index < -0.39 is 28.4 Å². The van der Waals surface area contributed by atoms with Gasteiger partial charge in [-0.25, -0.2) is 9.97 Å². The number of H-pyrrole nitrogens is 1. The number of aromatic nitrogens is 2. The molecule has 0 radical (unpaired) electrons. The molecule has 0 spiro atoms. The van der Waals surface area contributed by atoms with E-state index in [1.807, 2.05) is 0 Å². The Balaban J connectivity index is 2.37. The molecule has 1 aromatic heterocycles. The van der Waals surface area contributed by atoms with Gasteiger partial charge >= 0.3 is 11.8 Å². The number of hydrogen-bond donors (Lipinski definition) is 2. The van der Waals surface area contributed by atoms with Gasteiger partial charge in [0.2, 0.25) is 5.78 Å². The van der Waals surface area contributed by atoms with E-state index >= 15 is 0 Å². The van der Waals surface area contributed by atoms with Crippen molar-refractivity contribution in [2.24, 2.45) is 0 Å². The highest BCUT2D eigenvalue weighted by Gasteiger charge is 2.33. The molecule has 2 aromatic rings. The highest BCUT2D eigenvalue weighted by atomic mass is 16.6. The number of carboxylic acids is 1. The lowest BCUT2D eigenvalue weighted by atomic mass is 9.94. The molecule has 0 aliphatic rings.